The SMILES string of the molecule is Cc1cc(C(=O)NC[C@H]2CN(C)CCO2)c(C)n1Cc1ccccc1. The highest BCUT2D eigenvalue weighted by Gasteiger charge is 2.20. The van der Waals surface area contributed by atoms with Gasteiger partial charge in [-0.2, -0.15) is 0 Å². The van der Waals surface area contributed by atoms with Crippen LogP contribution in [0.3, 0.4) is 0 Å². The van der Waals surface area contributed by atoms with Crippen LogP contribution in [0.4, 0.5) is 0 Å². The van der Waals surface area contributed by atoms with E-state index in [1.54, 1.807) is 0 Å². The first-order chi connectivity index (χ1) is 12.0. The maximum atomic E-state index is 12.6. The predicted octanol–water partition coefficient (Wildman–Crippen LogP) is 2.21. The number of rotatable bonds is 5. The van der Waals surface area contributed by atoms with E-state index in [9.17, 15) is 4.79 Å². The number of amides is 1. The second-order valence-corrected chi connectivity index (χ2v) is 6.82. The Kier molecular flexibility index (Phi) is 5.56. The normalized spacial score (nSPS) is 18.3. The number of hydrogen-bond donors (Lipinski definition) is 1. The number of carbonyl (C=O) groups is 1. The molecule has 1 atom stereocenters. The summed E-state index contributed by atoms with van der Waals surface area (Å²) in [6, 6.07) is 12.3. The minimum Gasteiger partial charge on any atom is -0.374 e. The topological polar surface area (TPSA) is 46.5 Å². The van der Waals surface area contributed by atoms with Crippen LogP contribution in [0.15, 0.2) is 36.4 Å². The van der Waals surface area contributed by atoms with E-state index in [-0.39, 0.29) is 12.0 Å². The summed E-state index contributed by atoms with van der Waals surface area (Å²) in [5.41, 5.74) is 4.08. The van der Waals surface area contributed by atoms with E-state index in [0.29, 0.717) is 6.54 Å². The zero-order valence-electron chi connectivity index (χ0n) is 15.3. The number of aromatic nitrogens is 1. The number of carbonyl (C=O) groups excluding carboxylic acids is 1. The van der Waals surface area contributed by atoms with Crippen molar-refractivity contribution >= 4 is 5.91 Å². The van der Waals surface area contributed by atoms with E-state index in [4.69, 9.17) is 4.74 Å². The molecule has 0 saturated carbocycles. The van der Waals surface area contributed by atoms with Crippen LogP contribution in [0.5, 0.6) is 0 Å². The van der Waals surface area contributed by atoms with Gasteiger partial charge in [0.2, 0.25) is 0 Å². The van der Waals surface area contributed by atoms with Gasteiger partial charge in [0.15, 0.2) is 0 Å². The summed E-state index contributed by atoms with van der Waals surface area (Å²) in [5, 5.41) is 3.03. The van der Waals surface area contributed by atoms with Gasteiger partial charge in [-0.1, -0.05) is 30.3 Å². The van der Waals surface area contributed by atoms with Crippen molar-refractivity contribution in [2.45, 2.75) is 26.5 Å². The highest BCUT2D eigenvalue weighted by atomic mass is 16.5. The molecule has 0 spiro atoms. The average molecular weight is 341 g/mol. The molecule has 0 bridgehead atoms. The third kappa shape index (κ3) is 4.30. The molecule has 134 valence electrons. The zero-order valence-corrected chi connectivity index (χ0v) is 15.3. The van der Waals surface area contributed by atoms with Gasteiger partial charge in [0.1, 0.15) is 0 Å². The fourth-order valence-electron chi connectivity index (χ4n) is 3.33. The maximum absolute atomic E-state index is 12.6. The molecule has 1 aromatic heterocycles. The maximum Gasteiger partial charge on any atom is 0.253 e. The summed E-state index contributed by atoms with van der Waals surface area (Å²) >= 11 is 0. The largest absolute Gasteiger partial charge is 0.374 e. The second-order valence-electron chi connectivity index (χ2n) is 6.82. The van der Waals surface area contributed by atoms with Crippen molar-refractivity contribution in [3.05, 3.63) is 58.9 Å². The molecule has 5 nitrogen and oxygen atoms in total. The highest BCUT2D eigenvalue weighted by molar-refractivity contribution is 5.95. The fraction of sp³-hybridized carbons (Fsp3) is 0.450. The Hall–Kier alpha value is -2.11. The number of hydrogen-bond acceptors (Lipinski definition) is 3. The number of ether oxygens (including phenoxy) is 1. The molecule has 1 aromatic carbocycles. The average Bonchev–Trinajstić information content (AvgIpc) is 2.89. The predicted molar refractivity (Wildman–Crippen MR) is 99.0 cm³/mol. The number of aryl methyl sites for hydroxylation is 1. The van der Waals surface area contributed by atoms with Crippen LogP contribution < -0.4 is 5.32 Å². The molecule has 1 fully saturated rings. The number of likely N-dealkylation sites (N-methyl/N-ethyl adjacent to an activating group) is 1. The fourth-order valence-corrected chi connectivity index (χ4v) is 3.33. The molecule has 0 radical (unpaired) electrons. The van der Waals surface area contributed by atoms with Gasteiger partial charge in [-0.15, -0.1) is 0 Å². The third-order valence-electron chi connectivity index (χ3n) is 4.83. The lowest BCUT2D eigenvalue weighted by atomic mass is 10.2. The van der Waals surface area contributed by atoms with Crippen molar-refractivity contribution in [1.29, 1.82) is 0 Å². The van der Waals surface area contributed by atoms with Crippen LogP contribution >= 0.6 is 0 Å². The lowest BCUT2D eigenvalue weighted by Gasteiger charge is -2.30. The molecule has 2 heterocycles. The van der Waals surface area contributed by atoms with Crippen LogP contribution in [0.25, 0.3) is 0 Å². The Morgan fingerprint density at radius 1 is 1.28 bits per heavy atom. The Balaban J connectivity index is 1.66. The van der Waals surface area contributed by atoms with E-state index in [2.05, 4.69) is 34.0 Å². The standard InChI is InChI=1S/C20H27N3O2/c1-15-11-19(16(2)23(15)13-17-7-5-4-6-8-17)20(24)21-12-18-14-22(3)9-10-25-18/h4-8,11,18H,9-10,12-14H2,1-3H3,(H,21,24)/t18-/m0/s1. The van der Waals surface area contributed by atoms with Gasteiger partial charge in [0, 0.05) is 37.6 Å². The first-order valence-electron chi connectivity index (χ1n) is 8.83. The molecule has 0 unspecified atom stereocenters. The third-order valence-corrected chi connectivity index (χ3v) is 4.83. The Morgan fingerprint density at radius 3 is 2.76 bits per heavy atom. The molecule has 1 amide bonds. The van der Waals surface area contributed by atoms with Gasteiger partial charge < -0.3 is 19.5 Å². The lowest BCUT2D eigenvalue weighted by molar-refractivity contribution is -0.0175. The number of nitrogens with one attached hydrogen (secondary N) is 1. The van der Waals surface area contributed by atoms with E-state index < -0.39 is 0 Å². The molecule has 2 aromatic rings. The van der Waals surface area contributed by atoms with E-state index in [1.165, 1.54) is 5.56 Å². The second kappa shape index (κ2) is 7.85. The molecule has 1 N–H and O–H groups in total. The first-order valence-corrected chi connectivity index (χ1v) is 8.83. The van der Waals surface area contributed by atoms with Crippen LogP contribution in [-0.2, 0) is 11.3 Å². The van der Waals surface area contributed by atoms with Crippen LogP contribution in [-0.4, -0.2) is 54.8 Å². The van der Waals surface area contributed by atoms with Crippen molar-refractivity contribution in [1.82, 2.24) is 14.8 Å². The molecule has 1 aliphatic rings. The molecule has 3 rings (SSSR count). The summed E-state index contributed by atoms with van der Waals surface area (Å²) in [6.07, 6.45) is 0.0653. The van der Waals surface area contributed by atoms with Crippen molar-refractivity contribution < 1.29 is 9.53 Å². The number of nitrogens with zero attached hydrogens (tertiary/aromatic N) is 2. The smallest absolute Gasteiger partial charge is 0.253 e. The Bertz CT molecular complexity index is 724. The van der Waals surface area contributed by atoms with E-state index >= 15 is 0 Å². The van der Waals surface area contributed by atoms with Gasteiger partial charge >= 0.3 is 0 Å². The summed E-state index contributed by atoms with van der Waals surface area (Å²) in [5.74, 6) is -0.0239. The summed E-state index contributed by atoms with van der Waals surface area (Å²) in [7, 11) is 2.08. The van der Waals surface area contributed by atoms with Gasteiger partial charge in [-0.3, -0.25) is 4.79 Å². The molecule has 1 saturated heterocycles. The molecular weight excluding hydrogens is 314 g/mol. The minimum atomic E-state index is -0.0239. The molecule has 0 aliphatic carbocycles. The summed E-state index contributed by atoms with van der Waals surface area (Å²) in [6.45, 7) is 7.91. The van der Waals surface area contributed by atoms with Crippen LogP contribution in [0.1, 0.15) is 27.3 Å². The van der Waals surface area contributed by atoms with E-state index in [0.717, 1.165) is 43.2 Å². The lowest BCUT2D eigenvalue weighted by Crippen LogP contribution is -2.45. The quantitative estimate of drug-likeness (QED) is 0.907. The zero-order chi connectivity index (χ0) is 17.8. The van der Waals surface area contributed by atoms with Crippen molar-refractivity contribution in [3.63, 3.8) is 0 Å². The Labute approximate surface area is 149 Å². The molecule has 1 aliphatic heterocycles. The van der Waals surface area contributed by atoms with Gasteiger partial charge in [0.05, 0.1) is 18.3 Å². The highest BCUT2D eigenvalue weighted by Crippen LogP contribution is 2.17. The van der Waals surface area contributed by atoms with E-state index in [1.807, 2.05) is 38.1 Å². The van der Waals surface area contributed by atoms with Crippen LogP contribution in [0, 0.1) is 13.8 Å². The first kappa shape index (κ1) is 17.7. The van der Waals surface area contributed by atoms with Crippen molar-refractivity contribution in [2.24, 2.45) is 0 Å². The summed E-state index contributed by atoms with van der Waals surface area (Å²) in [4.78, 5) is 14.8. The Morgan fingerprint density at radius 2 is 2.04 bits per heavy atom. The van der Waals surface area contributed by atoms with Gasteiger partial charge in [0.25, 0.3) is 5.91 Å². The molecular formula is C20H27N3O2. The van der Waals surface area contributed by atoms with Gasteiger partial charge in [-0.25, -0.2) is 0 Å². The van der Waals surface area contributed by atoms with Gasteiger partial charge in [-0.05, 0) is 32.5 Å². The molecule has 5 heteroatoms. The van der Waals surface area contributed by atoms with Crippen molar-refractivity contribution in [3.8, 4) is 0 Å². The summed E-state index contributed by atoms with van der Waals surface area (Å²) < 4.78 is 7.90. The van der Waals surface area contributed by atoms with Crippen LogP contribution in [0.2, 0.25) is 0 Å². The van der Waals surface area contributed by atoms with Crippen molar-refractivity contribution in [2.75, 3.05) is 33.3 Å². The number of morpholine rings is 1. The minimum absolute atomic E-state index is 0.0239. The number of benzene rings is 1. The molecule has 25 heavy (non-hydrogen) atoms. The monoisotopic (exact) mass is 341 g/mol.